The molecule has 3 N–H and O–H groups in total. The van der Waals surface area contributed by atoms with Gasteiger partial charge in [0.15, 0.2) is 11.5 Å². The molecule has 3 aromatic rings. The van der Waals surface area contributed by atoms with Crippen molar-refractivity contribution in [3.8, 4) is 22.8 Å². The van der Waals surface area contributed by atoms with Crippen LogP contribution in [0.3, 0.4) is 0 Å². The van der Waals surface area contributed by atoms with E-state index in [9.17, 15) is 23.4 Å². The van der Waals surface area contributed by atoms with Crippen molar-refractivity contribution >= 4 is 15.8 Å². The van der Waals surface area contributed by atoms with Crippen molar-refractivity contribution in [3.05, 3.63) is 71.9 Å². The number of aliphatic hydroxyl groups excluding tert-OH is 2. The van der Waals surface area contributed by atoms with Gasteiger partial charge in [0.1, 0.15) is 5.78 Å². The zero-order valence-electron chi connectivity index (χ0n) is 20.3. The van der Waals surface area contributed by atoms with Gasteiger partial charge in [-0.2, -0.15) is 0 Å². The number of rotatable bonds is 10. The van der Waals surface area contributed by atoms with Crippen LogP contribution in [0.4, 0.5) is 0 Å². The monoisotopic (exact) mass is 530 g/mol. The lowest BCUT2D eigenvalue weighted by Crippen LogP contribution is -2.51. The minimum absolute atomic E-state index is 0. The molecule has 0 amide bonds. The van der Waals surface area contributed by atoms with Gasteiger partial charge in [-0.1, -0.05) is 24.3 Å². The van der Waals surface area contributed by atoms with E-state index in [0.717, 1.165) is 18.4 Å². The fourth-order valence-corrected chi connectivity index (χ4v) is 5.81. The van der Waals surface area contributed by atoms with Crippen molar-refractivity contribution < 1.29 is 37.2 Å². The minimum Gasteiger partial charge on any atom is -0.454 e. The summed E-state index contributed by atoms with van der Waals surface area (Å²) in [6.07, 6.45) is 1.74. The van der Waals surface area contributed by atoms with Crippen LogP contribution in [0.15, 0.2) is 65.6 Å². The Kier molecular flexibility index (Phi) is 6.53. The van der Waals surface area contributed by atoms with Gasteiger partial charge in [0.05, 0.1) is 34.8 Å². The van der Waals surface area contributed by atoms with E-state index < -0.39 is 34.2 Å². The average Bonchev–Trinajstić information content (AvgIpc) is 3.59. The molecule has 10 heteroatoms. The molecule has 200 valence electrons. The summed E-state index contributed by atoms with van der Waals surface area (Å²) in [6, 6.07) is 17.2. The molecule has 2 aliphatic rings. The van der Waals surface area contributed by atoms with Crippen molar-refractivity contribution in [3.63, 3.8) is 0 Å². The summed E-state index contributed by atoms with van der Waals surface area (Å²) >= 11 is 0. The molecular formula is C27H34N2O7S. The zero-order chi connectivity index (χ0) is 26.3. The molecular weight excluding hydrogens is 496 g/mol. The van der Waals surface area contributed by atoms with Crippen LogP contribution in [-0.2, 0) is 26.7 Å². The number of benzene rings is 2. The average molecular weight is 531 g/mol. The summed E-state index contributed by atoms with van der Waals surface area (Å²) in [5.41, 5.74) is 0.970. The molecule has 0 bridgehead atoms. The van der Waals surface area contributed by atoms with Crippen molar-refractivity contribution in [2.45, 2.75) is 42.0 Å². The maximum Gasteiger partial charge on any atom is 0.241 e. The Hall–Kier alpha value is -3.31. The molecule has 1 saturated carbocycles. The fraction of sp³-hybridized carbons (Fsp3) is 0.333. The number of nitrogens with zero attached hydrogens (tertiary/aromatic N) is 1. The highest BCUT2D eigenvalue weighted by atomic mass is 32.2. The second kappa shape index (κ2) is 9.53. The highest BCUT2D eigenvalue weighted by Gasteiger charge is 2.51. The standard InChI is InChI=1S/C27H28N2O7S.3H2/c1-26(15-30,16-31)29-37(33,34)21-8-5-18(6-9-21)22-4-2-3-20(28-22)14-25(32)27(11-12-27)19-7-10-23-24(13-19)36-17-35-23;;;/h2-10,13,29-31H,11-12,14-17H2,1H3;3*1H. The molecule has 1 aliphatic heterocycles. The Labute approximate surface area is 219 Å². The third-order valence-electron chi connectivity index (χ3n) is 6.90. The van der Waals surface area contributed by atoms with Gasteiger partial charge in [0.25, 0.3) is 0 Å². The van der Waals surface area contributed by atoms with E-state index in [-0.39, 0.29) is 28.2 Å². The summed E-state index contributed by atoms with van der Waals surface area (Å²) in [7, 11) is -3.96. The Balaban J connectivity index is 0.00000187. The highest BCUT2D eigenvalue weighted by molar-refractivity contribution is 7.89. The topological polar surface area (TPSA) is 135 Å². The van der Waals surface area contributed by atoms with Crippen LogP contribution in [0.25, 0.3) is 11.3 Å². The molecule has 0 atom stereocenters. The fourth-order valence-electron chi connectivity index (χ4n) is 4.42. The van der Waals surface area contributed by atoms with Crippen molar-refractivity contribution in [2.24, 2.45) is 0 Å². The lowest BCUT2D eigenvalue weighted by molar-refractivity contribution is -0.120. The van der Waals surface area contributed by atoms with Gasteiger partial charge in [-0.15, -0.1) is 0 Å². The lowest BCUT2D eigenvalue weighted by Gasteiger charge is -2.25. The molecule has 1 aliphatic carbocycles. The number of nitrogens with one attached hydrogen (secondary N) is 1. The first-order valence-electron chi connectivity index (χ1n) is 11.9. The highest BCUT2D eigenvalue weighted by Crippen LogP contribution is 2.51. The van der Waals surface area contributed by atoms with Crippen LogP contribution in [0, 0.1) is 0 Å². The minimum atomic E-state index is -3.96. The van der Waals surface area contributed by atoms with Gasteiger partial charge in [-0.05, 0) is 61.7 Å². The number of Topliss-reactive ketones (excluding diaryl/α,β-unsaturated/α-hetero) is 1. The van der Waals surface area contributed by atoms with E-state index in [1.165, 1.54) is 19.1 Å². The van der Waals surface area contributed by atoms with E-state index in [1.807, 2.05) is 30.3 Å². The summed E-state index contributed by atoms with van der Waals surface area (Å²) in [4.78, 5) is 18.0. The van der Waals surface area contributed by atoms with Crippen LogP contribution in [-0.4, -0.2) is 54.9 Å². The molecule has 37 heavy (non-hydrogen) atoms. The van der Waals surface area contributed by atoms with E-state index in [4.69, 9.17) is 9.47 Å². The Bertz CT molecular complexity index is 1440. The largest absolute Gasteiger partial charge is 0.454 e. The number of ether oxygens (including phenoxy) is 2. The third-order valence-corrected chi connectivity index (χ3v) is 8.55. The maximum absolute atomic E-state index is 13.3. The van der Waals surface area contributed by atoms with Crippen LogP contribution in [0.1, 0.15) is 35.3 Å². The quantitative estimate of drug-likeness (QED) is 0.364. The van der Waals surface area contributed by atoms with E-state index >= 15 is 0 Å². The number of pyridine rings is 1. The third kappa shape index (κ3) is 4.97. The second-order valence-electron chi connectivity index (χ2n) is 9.77. The number of carbonyl (C=O) groups is 1. The molecule has 0 unspecified atom stereocenters. The zero-order valence-corrected chi connectivity index (χ0v) is 21.1. The number of hydrogen-bond donors (Lipinski definition) is 3. The molecule has 2 aromatic carbocycles. The maximum atomic E-state index is 13.3. The van der Waals surface area contributed by atoms with Gasteiger partial charge in [-0.25, -0.2) is 13.1 Å². The number of sulfonamides is 1. The molecule has 9 nitrogen and oxygen atoms in total. The van der Waals surface area contributed by atoms with Crippen LogP contribution in [0.5, 0.6) is 11.5 Å². The summed E-state index contributed by atoms with van der Waals surface area (Å²) < 4.78 is 38.5. The normalized spacial score (nSPS) is 16.0. The van der Waals surface area contributed by atoms with Crippen molar-refractivity contribution in [1.29, 1.82) is 0 Å². The summed E-state index contributed by atoms with van der Waals surface area (Å²) in [5.74, 6) is 1.45. The Morgan fingerprint density at radius 3 is 2.43 bits per heavy atom. The van der Waals surface area contributed by atoms with Crippen LogP contribution >= 0.6 is 0 Å². The summed E-state index contributed by atoms with van der Waals surface area (Å²) in [6.45, 7) is 0.497. The van der Waals surface area contributed by atoms with Crippen molar-refractivity contribution in [2.75, 3.05) is 20.0 Å². The molecule has 1 fully saturated rings. The SMILES string of the molecule is CC(CO)(CO)NS(=O)(=O)c1ccc(-c2cccc(CC(=O)C3(c4ccc5c(c4)OCO5)CC3)n2)cc1.[HH].[HH].[HH]. The molecule has 0 spiro atoms. The lowest BCUT2D eigenvalue weighted by atomic mass is 9.88. The van der Waals surface area contributed by atoms with Crippen LogP contribution in [0.2, 0.25) is 0 Å². The number of aromatic nitrogens is 1. The second-order valence-corrected chi connectivity index (χ2v) is 11.5. The molecule has 5 rings (SSSR count). The number of hydrogen-bond acceptors (Lipinski definition) is 8. The van der Waals surface area contributed by atoms with E-state index in [0.29, 0.717) is 28.5 Å². The molecule has 0 saturated heterocycles. The molecule has 2 heterocycles. The first-order chi connectivity index (χ1) is 17.7. The van der Waals surface area contributed by atoms with E-state index in [2.05, 4.69) is 9.71 Å². The van der Waals surface area contributed by atoms with Crippen molar-refractivity contribution in [1.82, 2.24) is 9.71 Å². The van der Waals surface area contributed by atoms with Gasteiger partial charge >= 0.3 is 0 Å². The number of ketones is 1. The first-order valence-corrected chi connectivity index (χ1v) is 13.4. The Morgan fingerprint density at radius 2 is 1.76 bits per heavy atom. The van der Waals surface area contributed by atoms with Gasteiger partial charge in [-0.3, -0.25) is 9.78 Å². The van der Waals surface area contributed by atoms with E-state index in [1.54, 1.807) is 18.2 Å². The predicted molar refractivity (Wildman–Crippen MR) is 141 cm³/mol. The molecule has 0 radical (unpaired) electrons. The first kappa shape index (κ1) is 25.3. The summed E-state index contributed by atoms with van der Waals surface area (Å²) in [5, 5.41) is 18.8. The van der Waals surface area contributed by atoms with Gasteiger partial charge in [0, 0.05) is 22.0 Å². The number of fused-ring (bicyclic) bond motifs is 1. The molecule has 1 aromatic heterocycles. The Morgan fingerprint density at radius 1 is 1.05 bits per heavy atom. The smallest absolute Gasteiger partial charge is 0.241 e. The number of carbonyl (C=O) groups excluding carboxylic acids is 1. The predicted octanol–water partition coefficient (Wildman–Crippen LogP) is 3.08. The van der Waals surface area contributed by atoms with Crippen LogP contribution < -0.4 is 14.2 Å². The number of aliphatic hydroxyl groups is 2. The van der Waals surface area contributed by atoms with Gasteiger partial charge < -0.3 is 19.7 Å². The van der Waals surface area contributed by atoms with Gasteiger partial charge in [0.2, 0.25) is 16.8 Å².